The van der Waals surface area contributed by atoms with Gasteiger partial charge < -0.3 is 14.5 Å². The van der Waals surface area contributed by atoms with Gasteiger partial charge >= 0.3 is 0 Å². The molecular weight excluding hydrogens is 252 g/mol. The van der Waals surface area contributed by atoms with Gasteiger partial charge in [-0.2, -0.15) is 0 Å². The Morgan fingerprint density at radius 1 is 1.25 bits per heavy atom. The van der Waals surface area contributed by atoms with Gasteiger partial charge in [0.15, 0.2) is 0 Å². The van der Waals surface area contributed by atoms with E-state index in [0.29, 0.717) is 11.3 Å². The number of piperidine rings is 1. The molecule has 1 aliphatic heterocycles. The monoisotopic (exact) mass is 276 g/mol. The van der Waals surface area contributed by atoms with E-state index >= 15 is 0 Å². The summed E-state index contributed by atoms with van der Waals surface area (Å²) in [5.74, 6) is 0.668. The molecule has 1 aromatic rings. The van der Waals surface area contributed by atoms with Crippen molar-refractivity contribution in [2.45, 2.75) is 19.3 Å². The van der Waals surface area contributed by atoms with E-state index in [0.717, 1.165) is 26.2 Å². The van der Waals surface area contributed by atoms with Crippen molar-refractivity contribution in [3.63, 3.8) is 0 Å². The lowest BCUT2D eigenvalue weighted by molar-refractivity contribution is 0.0769. The van der Waals surface area contributed by atoms with Crippen molar-refractivity contribution < 1.29 is 9.53 Å². The van der Waals surface area contributed by atoms with E-state index < -0.39 is 0 Å². The highest BCUT2D eigenvalue weighted by molar-refractivity contribution is 5.96. The van der Waals surface area contributed by atoms with E-state index in [2.05, 4.69) is 4.90 Å². The Bertz CT molecular complexity index is 442. The van der Waals surface area contributed by atoms with Crippen molar-refractivity contribution in [1.82, 2.24) is 9.80 Å². The van der Waals surface area contributed by atoms with E-state index in [-0.39, 0.29) is 5.91 Å². The van der Waals surface area contributed by atoms with E-state index in [1.165, 1.54) is 19.3 Å². The van der Waals surface area contributed by atoms with Crippen LogP contribution in [-0.4, -0.2) is 56.0 Å². The minimum Gasteiger partial charge on any atom is -0.496 e. The van der Waals surface area contributed by atoms with Crippen LogP contribution in [0.4, 0.5) is 0 Å². The number of benzene rings is 1. The normalized spacial score (nSPS) is 15.9. The van der Waals surface area contributed by atoms with Crippen molar-refractivity contribution in [3.8, 4) is 5.75 Å². The number of carbonyl (C=O) groups excluding carboxylic acids is 1. The molecule has 1 heterocycles. The molecule has 110 valence electrons. The summed E-state index contributed by atoms with van der Waals surface area (Å²) in [6.45, 7) is 4.04. The Balaban J connectivity index is 1.90. The van der Waals surface area contributed by atoms with Gasteiger partial charge in [-0.15, -0.1) is 0 Å². The molecule has 0 aromatic heterocycles. The fraction of sp³-hybridized carbons (Fsp3) is 0.562. The summed E-state index contributed by atoms with van der Waals surface area (Å²) >= 11 is 0. The standard InChI is InChI=1S/C16H24N2O2/c1-17(12-13-18-10-6-3-7-11-18)16(19)14-8-4-5-9-15(14)20-2/h4-5,8-9H,3,6-7,10-13H2,1-2H3. The van der Waals surface area contributed by atoms with Gasteiger partial charge in [-0.1, -0.05) is 18.6 Å². The van der Waals surface area contributed by atoms with Gasteiger partial charge in [-0.05, 0) is 38.1 Å². The van der Waals surface area contributed by atoms with Gasteiger partial charge in [0.05, 0.1) is 12.7 Å². The predicted molar refractivity (Wildman–Crippen MR) is 80.2 cm³/mol. The van der Waals surface area contributed by atoms with Crippen molar-refractivity contribution >= 4 is 5.91 Å². The van der Waals surface area contributed by atoms with E-state index in [9.17, 15) is 4.79 Å². The second-order valence-corrected chi connectivity index (χ2v) is 5.33. The maximum absolute atomic E-state index is 12.4. The largest absolute Gasteiger partial charge is 0.496 e. The molecule has 1 aromatic carbocycles. The second-order valence-electron chi connectivity index (χ2n) is 5.33. The molecule has 1 saturated heterocycles. The van der Waals surface area contributed by atoms with Crippen LogP contribution in [0.15, 0.2) is 24.3 Å². The Morgan fingerprint density at radius 3 is 2.65 bits per heavy atom. The van der Waals surface area contributed by atoms with E-state index in [1.807, 2.05) is 31.3 Å². The maximum Gasteiger partial charge on any atom is 0.257 e. The van der Waals surface area contributed by atoms with E-state index in [1.54, 1.807) is 12.0 Å². The van der Waals surface area contributed by atoms with Crippen LogP contribution in [0.3, 0.4) is 0 Å². The zero-order chi connectivity index (χ0) is 14.4. The van der Waals surface area contributed by atoms with Crippen LogP contribution in [0.1, 0.15) is 29.6 Å². The first kappa shape index (κ1) is 14.9. The lowest BCUT2D eigenvalue weighted by Gasteiger charge is -2.28. The summed E-state index contributed by atoms with van der Waals surface area (Å²) in [5.41, 5.74) is 0.635. The molecule has 0 atom stereocenters. The number of amides is 1. The smallest absolute Gasteiger partial charge is 0.257 e. The molecule has 0 spiro atoms. The highest BCUT2D eigenvalue weighted by Crippen LogP contribution is 2.18. The number of methoxy groups -OCH3 is 1. The predicted octanol–water partition coefficient (Wildman–Crippen LogP) is 2.25. The number of carbonyl (C=O) groups is 1. The summed E-state index contributed by atoms with van der Waals surface area (Å²) in [6, 6.07) is 7.39. The molecule has 1 amide bonds. The first-order valence-electron chi connectivity index (χ1n) is 7.33. The third-order valence-corrected chi connectivity index (χ3v) is 3.88. The van der Waals surface area contributed by atoms with Crippen molar-refractivity contribution in [2.75, 3.05) is 40.3 Å². The van der Waals surface area contributed by atoms with Gasteiger partial charge in [0.2, 0.25) is 0 Å². The first-order chi connectivity index (χ1) is 9.72. The number of hydrogen-bond acceptors (Lipinski definition) is 3. The number of likely N-dealkylation sites (tertiary alicyclic amines) is 1. The fourth-order valence-electron chi connectivity index (χ4n) is 2.60. The molecule has 0 radical (unpaired) electrons. The summed E-state index contributed by atoms with van der Waals surface area (Å²) < 4.78 is 5.25. The third kappa shape index (κ3) is 3.73. The van der Waals surface area contributed by atoms with Crippen LogP contribution < -0.4 is 4.74 Å². The Kier molecular flexibility index (Phi) is 5.41. The van der Waals surface area contributed by atoms with E-state index in [4.69, 9.17) is 4.74 Å². The van der Waals surface area contributed by atoms with Gasteiger partial charge in [-0.3, -0.25) is 4.79 Å². The molecule has 20 heavy (non-hydrogen) atoms. The zero-order valence-corrected chi connectivity index (χ0v) is 12.5. The molecule has 0 N–H and O–H groups in total. The second kappa shape index (κ2) is 7.29. The van der Waals surface area contributed by atoms with Crippen LogP contribution in [-0.2, 0) is 0 Å². The van der Waals surface area contributed by atoms with Crippen LogP contribution in [0, 0.1) is 0 Å². The molecule has 0 bridgehead atoms. The number of para-hydroxylation sites is 1. The minimum atomic E-state index is 0.0273. The van der Waals surface area contributed by atoms with Gasteiger partial charge in [0.25, 0.3) is 5.91 Å². The van der Waals surface area contributed by atoms with Crippen LogP contribution in [0.25, 0.3) is 0 Å². The topological polar surface area (TPSA) is 32.8 Å². The van der Waals surface area contributed by atoms with Crippen molar-refractivity contribution in [3.05, 3.63) is 29.8 Å². The molecule has 4 heteroatoms. The average molecular weight is 276 g/mol. The zero-order valence-electron chi connectivity index (χ0n) is 12.5. The molecule has 0 saturated carbocycles. The van der Waals surface area contributed by atoms with Crippen molar-refractivity contribution in [1.29, 1.82) is 0 Å². The lowest BCUT2D eigenvalue weighted by atomic mass is 10.1. The van der Waals surface area contributed by atoms with Crippen LogP contribution >= 0.6 is 0 Å². The summed E-state index contributed by atoms with van der Waals surface area (Å²) in [4.78, 5) is 16.6. The molecule has 0 aliphatic carbocycles. The first-order valence-corrected chi connectivity index (χ1v) is 7.33. The summed E-state index contributed by atoms with van der Waals surface area (Å²) in [5, 5.41) is 0. The fourth-order valence-corrected chi connectivity index (χ4v) is 2.60. The number of likely N-dealkylation sites (N-methyl/N-ethyl adjacent to an activating group) is 1. The number of nitrogens with zero attached hydrogens (tertiary/aromatic N) is 2. The number of ether oxygens (including phenoxy) is 1. The van der Waals surface area contributed by atoms with Crippen LogP contribution in [0.2, 0.25) is 0 Å². The summed E-state index contributed by atoms with van der Waals surface area (Å²) in [6.07, 6.45) is 3.90. The molecule has 1 fully saturated rings. The Labute approximate surface area is 121 Å². The molecule has 1 aliphatic rings. The quantitative estimate of drug-likeness (QED) is 0.827. The SMILES string of the molecule is COc1ccccc1C(=O)N(C)CCN1CCCCC1. The Hall–Kier alpha value is -1.55. The number of rotatable bonds is 5. The molecular formula is C16H24N2O2. The van der Waals surface area contributed by atoms with Crippen LogP contribution in [0.5, 0.6) is 5.75 Å². The number of hydrogen-bond donors (Lipinski definition) is 0. The van der Waals surface area contributed by atoms with Gasteiger partial charge in [0, 0.05) is 20.1 Å². The maximum atomic E-state index is 12.4. The highest BCUT2D eigenvalue weighted by atomic mass is 16.5. The lowest BCUT2D eigenvalue weighted by Crippen LogP contribution is -2.38. The Morgan fingerprint density at radius 2 is 1.95 bits per heavy atom. The molecule has 0 unspecified atom stereocenters. The van der Waals surface area contributed by atoms with Gasteiger partial charge in [-0.25, -0.2) is 0 Å². The minimum absolute atomic E-state index is 0.0273. The van der Waals surface area contributed by atoms with Crippen molar-refractivity contribution in [2.24, 2.45) is 0 Å². The molecule has 4 nitrogen and oxygen atoms in total. The van der Waals surface area contributed by atoms with Gasteiger partial charge in [0.1, 0.15) is 5.75 Å². The summed E-state index contributed by atoms with van der Waals surface area (Å²) in [7, 11) is 3.46. The third-order valence-electron chi connectivity index (χ3n) is 3.88. The highest BCUT2D eigenvalue weighted by Gasteiger charge is 2.17. The molecule has 2 rings (SSSR count). The average Bonchev–Trinajstić information content (AvgIpc) is 2.52.